The number of pyridine rings is 1. The van der Waals surface area contributed by atoms with Gasteiger partial charge in [-0.2, -0.15) is 13.2 Å². The second-order valence-electron chi connectivity index (χ2n) is 8.87. The minimum absolute atomic E-state index is 0.130. The molecule has 1 aromatic heterocycles. The van der Waals surface area contributed by atoms with Crippen molar-refractivity contribution < 1.29 is 18.0 Å². The molecule has 0 saturated carbocycles. The summed E-state index contributed by atoms with van der Waals surface area (Å²) in [5, 5.41) is 6.33. The van der Waals surface area contributed by atoms with Crippen LogP contribution in [0, 0.1) is 5.92 Å². The number of anilines is 2. The minimum atomic E-state index is -4.51. The Bertz CT molecular complexity index is 1040. The highest BCUT2D eigenvalue weighted by molar-refractivity contribution is 8.17. The van der Waals surface area contributed by atoms with E-state index in [4.69, 9.17) is 0 Å². The first kappa shape index (κ1) is 25.0. The molecule has 2 atom stereocenters. The molecule has 2 N–H and O–H groups in total. The van der Waals surface area contributed by atoms with Crippen molar-refractivity contribution in [2.24, 2.45) is 5.92 Å². The predicted octanol–water partition coefficient (Wildman–Crippen LogP) is 5.92. The first-order valence-electron chi connectivity index (χ1n) is 11.4. The first-order chi connectivity index (χ1) is 16.2. The smallest absolute Gasteiger partial charge is 0.364 e. The van der Waals surface area contributed by atoms with Crippen molar-refractivity contribution in [1.29, 1.82) is 0 Å². The molecule has 0 radical (unpaired) electrons. The number of alkyl halides is 3. The number of halogens is 3. The topological polar surface area (TPSA) is 57.3 Å². The highest BCUT2D eigenvalue weighted by Crippen LogP contribution is 2.43. The van der Waals surface area contributed by atoms with Crippen LogP contribution in [0.25, 0.3) is 0 Å². The zero-order valence-electron chi connectivity index (χ0n) is 19.4. The quantitative estimate of drug-likeness (QED) is 0.503. The molecule has 3 heterocycles. The van der Waals surface area contributed by atoms with Crippen LogP contribution in [-0.4, -0.2) is 34.9 Å². The predicted molar refractivity (Wildman–Crippen MR) is 133 cm³/mol. The highest BCUT2D eigenvalue weighted by Gasteiger charge is 2.34. The number of nitrogens with one attached hydrogen (secondary N) is 2. The van der Waals surface area contributed by atoms with Gasteiger partial charge >= 0.3 is 6.18 Å². The van der Waals surface area contributed by atoms with Crippen molar-refractivity contribution in [1.82, 2.24) is 10.3 Å². The molecule has 184 valence electrons. The lowest BCUT2D eigenvalue weighted by atomic mass is 9.98. The van der Waals surface area contributed by atoms with E-state index in [0.29, 0.717) is 30.4 Å². The summed E-state index contributed by atoms with van der Waals surface area (Å²) < 4.78 is 40.2. The second kappa shape index (κ2) is 10.3. The average molecular weight is 511 g/mol. The molecule has 10 heteroatoms. The van der Waals surface area contributed by atoms with Crippen LogP contribution in [0.5, 0.6) is 0 Å². The van der Waals surface area contributed by atoms with Gasteiger partial charge in [-0.1, -0.05) is 30.8 Å². The summed E-state index contributed by atoms with van der Waals surface area (Å²) in [5.41, 5.74) is 1.66. The lowest BCUT2D eigenvalue weighted by Crippen LogP contribution is -2.35. The monoisotopic (exact) mass is 510 g/mol. The van der Waals surface area contributed by atoms with Gasteiger partial charge in [0.25, 0.3) is 0 Å². The molecule has 1 saturated heterocycles. The minimum Gasteiger partial charge on any atom is -0.364 e. The maximum atomic E-state index is 13.3. The number of thioether (sulfide) groups is 2. The first-order valence-corrected chi connectivity index (χ1v) is 13.5. The Labute approximate surface area is 206 Å². The largest absolute Gasteiger partial charge is 0.433 e. The van der Waals surface area contributed by atoms with Crippen LogP contribution in [-0.2, 0) is 17.5 Å². The number of benzene rings is 1. The third kappa shape index (κ3) is 5.59. The maximum Gasteiger partial charge on any atom is 0.433 e. The van der Waals surface area contributed by atoms with Crippen molar-refractivity contribution in [2.75, 3.05) is 29.6 Å². The zero-order valence-corrected chi connectivity index (χ0v) is 21.0. The van der Waals surface area contributed by atoms with Gasteiger partial charge in [0.2, 0.25) is 5.91 Å². The van der Waals surface area contributed by atoms with E-state index < -0.39 is 11.9 Å². The van der Waals surface area contributed by atoms with E-state index in [1.165, 1.54) is 6.07 Å². The van der Waals surface area contributed by atoms with Crippen LogP contribution >= 0.6 is 23.5 Å². The van der Waals surface area contributed by atoms with Crippen LogP contribution in [0.15, 0.2) is 35.2 Å². The Kier molecular flexibility index (Phi) is 7.57. The van der Waals surface area contributed by atoms with Crippen LogP contribution in [0.1, 0.15) is 49.4 Å². The number of fused-ring (bicyclic) bond motifs is 1. The molecular weight excluding hydrogens is 481 g/mol. The summed E-state index contributed by atoms with van der Waals surface area (Å²) in [7, 11) is 0. The van der Waals surface area contributed by atoms with Gasteiger partial charge in [-0.25, -0.2) is 4.98 Å². The van der Waals surface area contributed by atoms with Crippen molar-refractivity contribution in [3.63, 3.8) is 0 Å². The van der Waals surface area contributed by atoms with Gasteiger partial charge in [0.15, 0.2) is 0 Å². The van der Waals surface area contributed by atoms with Crippen molar-refractivity contribution >= 4 is 40.9 Å². The third-order valence-corrected chi connectivity index (χ3v) is 8.74. The summed E-state index contributed by atoms with van der Waals surface area (Å²) in [4.78, 5) is 19.9. The SMILES string of the molecule is CSC1Nc2ccc(C(C)C(=O)NCc3ccc(C(F)(F)F)nc3N3CCC(C)CC3)cc2S1. The molecule has 0 spiro atoms. The molecule has 0 bridgehead atoms. The van der Waals surface area contributed by atoms with Crippen LogP contribution in [0.3, 0.4) is 0 Å². The Balaban J connectivity index is 1.48. The molecule has 2 aromatic rings. The van der Waals surface area contributed by atoms with E-state index in [-0.39, 0.29) is 23.1 Å². The van der Waals surface area contributed by atoms with Crippen molar-refractivity contribution in [2.45, 2.75) is 54.9 Å². The van der Waals surface area contributed by atoms with Crippen molar-refractivity contribution in [3.8, 4) is 0 Å². The van der Waals surface area contributed by atoms with Gasteiger partial charge < -0.3 is 15.5 Å². The van der Waals surface area contributed by atoms with Gasteiger partial charge in [-0.15, -0.1) is 11.8 Å². The van der Waals surface area contributed by atoms with E-state index in [1.54, 1.807) is 23.5 Å². The summed E-state index contributed by atoms with van der Waals surface area (Å²) in [6.45, 7) is 5.43. The van der Waals surface area contributed by atoms with E-state index >= 15 is 0 Å². The Morgan fingerprint density at radius 2 is 2.03 bits per heavy atom. The lowest BCUT2D eigenvalue weighted by Gasteiger charge is -2.33. The molecule has 4 rings (SSSR count). The molecule has 2 unspecified atom stereocenters. The van der Waals surface area contributed by atoms with E-state index in [9.17, 15) is 18.0 Å². The van der Waals surface area contributed by atoms with Gasteiger partial charge in [0, 0.05) is 35.8 Å². The molecule has 2 aliphatic heterocycles. The lowest BCUT2D eigenvalue weighted by molar-refractivity contribution is -0.141. The Morgan fingerprint density at radius 1 is 1.29 bits per heavy atom. The summed E-state index contributed by atoms with van der Waals surface area (Å²) in [5.74, 6) is 0.298. The number of piperidine rings is 1. The van der Waals surface area contributed by atoms with Gasteiger partial charge in [0.05, 0.1) is 5.92 Å². The van der Waals surface area contributed by atoms with Crippen LogP contribution in [0.4, 0.5) is 24.7 Å². The second-order valence-corrected chi connectivity index (χ2v) is 11.3. The fourth-order valence-corrected chi connectivity index (χ4v) is 5.97. The van der Waals surface area contributed by atoms with Crippen LogP contribution < -0.4 is 15.5 Å². The molecule has 1 fully saturated rings. The number of hydrogen-bond donors (Lipinski definition) is 2. The van der Waals surface area contributed by atoms with E-state index in [2.05, 4.69) is 22.5 Å². The number of hydrogen-bond acceptors (Lipinski definition) is 6. The molecular formula is C24H29F3N4OS2. The number of nitrogens with zero attached hydrogens (tertiary/aromatic N) is 2. The molecule has 1 amide bonds. The summed E-state index contributed by atoms with van der Waals surface area (Å²) >= 11 is 3.45. The van der Waals surface area contributed by atoms with E-state index in [1.807, 2.05) is 36.3 Å². The Morgan fingerprint density at radius 3 is 2.71 bits per heavy atom. The average Bonchev–Trinajstić information content (AvgIpc) is 3.24. The summed E-state index contributed by atoms with van der Waals surface area (Å²) in [6.07, 6.45) is -0.654. The third-order valence-electron chi connectivity index (χ3n) is 6.40. The number of amides is 1. The summed E-state index contributed by atoms with van der Waals surface area (Å²) in [6, 6.07) is 8.40. The molecule has 34 heavy (non-hydrogen) atoms. The molecule has 2 aliphatic rings. The fourth-order valence-electron chi connectivity index (χ4n) is 4.16. The van der Waals surface area contributed by atoms with E-state index in [0.717, 1.165) is 35.1 Å². The highest BCUT2D eigenvalue weighted by atomic mass is 32.2. The fraction of sp³-hybridized carbons (Fsp3) is 0.500. The number of rotatable bonds is 6. The normalized spacial score (nSPS) is 19.5. The number of aromatic nitrogens is 1. The maximum absolute atomic E-state index is 13.3. The standard InChI is InChI=1S/C24H29F3N4OS2/c1-14-8-10-31(11-9-14)21-17(5-7-20(30-21)24(25,26)27)13-28-22(32)15(2)16-4-6-18-19(12-16)34-23(29-18)33-3/h4-7,12,14-15,23,29H,8-11,13H2,1-3H3,(H,28,32). The van der Waals surface area contributed by atoms with Crippen molar-refractivity contribution in [3.05, 3.63) is 47.2 Å². The van der Waals surface area contributed by atoms with Gasteiger partial charge in [0.1, 0.15) is 16.2 Å². The molecule has 1 aromatic carbocycles. The number of carbonyl (C=O) groups excluding carboxylic acids is 1. The molecule has 0 aliphatic carbocycles. The van der Waals surface area contributed by atoms with Crippen LogP contribution in [0.2, 0.25) is 0 Å². The Hall–Kier alpha value is -2.07. The zero-order chi connectivity index (χ0) is 24.5. The number of carbonyl (C=O) groups is 1. The van der Waals surface area contributed by atoms with Gasteiger partial charge in [-0.05, 0) is 55.7 Å². The molecule has 5 nitrogen and oxygen atoms in total. The van der Waals surface area contributed by atoms with Gasteiger partial charge in [-0.3, -0.25) is 4.79 Å².